The van der Waals surface area contributed by atoms with E-state index in [0.29, 0.717) is 6.54 Å². The second kappa shape index (κ2) is 5.16. The van der Waals surface area contributed by atoms with Crippen LogP contribution in [-0.4, -0.2) is 15.3 Å². The number of imidazole rings is 1. The molecule has 0 aliphatic carbocycles. The number of fused-ring (bicyclic) bond motifs is 2. The Morgan fingerprint density at radius 2 is 2.24 bits per heavy atom. The average Bonchev–Trinajstić information content (AvgIpc) is 3.08. The fraction of sp³-hybridized carbons (Fsp3) is 0.312. The predicted molar refractivity (Wildman–Crippen MR) is 91.8 cm³/mol. The van der Waals surface area contributed by atoms with Crippen molar-refractivity contribution in [3.63, 3.8) is 0 Å². The fourth-order valence-electron chi connectivity index (χ4n) is 2.85. The largest absolute Gasteiger partial charge is 0.326 e. The molecule has 3 nitrogen and oxygen atoms in total. The van der Waals surface area contributed by atoms with Gasteiger partial charge in [0.05, 0.1) is 15.9 Å². The molecule has 0 unspecified atom stereocenters. The molecular weight excluding hydrogens is 298 g/mol. The monoisotopic (exact) mass is 315 g/mol. The molecule has 0 spiro atoms. The Morgan fingerprint density at radius 3 is 3.05 bits per heavy atom. The van der Waals surface area contributed by atoms with Gasteiger partial charge in [-0.15, -0.1) is 11.3 Å². The molecule has 3 heterocycles. The van der Waals surface area contributed by atoms with Crippen LogP contribution in [0.5, 0.6) is 0 Å². The number of aromatic nitrogens is 2. The number of thioether (sulfide) groups is 1. The first-order chi connectivity index (χ1) is 10.3. The van der Waals surface area contributed by atoms with Gasteiger partial charge in [-0.3, -0.25) is 0 Å². The maximum atomic E-state index is 5.73. The Kier molecular flexibility index (Phi) is 3.28. The van der Waals surface area contributed by atoms with E-state index >= 15 is 0 Å². The first kappa shape index (κ1) is 13.4. The molecule has 0 amide bonds. The molecule has 0 bridgehead atoms. The van der Waals surface area contributed by atoms with E-state index in [2.05, 4.69) is 35.9 Å². The second-order valence-corrected chi connectivity index (χ2v) is 7.63. The van der Waals surface area contributed by atoms with Crippen LogP contribution in [0.1, 0.15) is 16.0 Å². The number of hydrogen-bond acceptors (Lipinski definition) is 4. The lowest BCUT2D eigenvalue weighted by molar-refractivity contribution is 0.962. The first-order valence-corrected chi connectivity index (χ1v) is 9.08. The number of thiophene rings is 1. The Morgan fingerprint density at radius 1 is 1.33 bits per heavy atom. The van der Waals surface area contributed by atoms with Gasteiger partial charge in [0.2, 0.25) is 0 Å². The van der Waals surface area contributed by atoms with E-state index in [1.807, 2.05) is 23.1 Å². The van der Waals surface area contributed by atoms with Crippen LogP contribution in [0.25, 0.3) is 21.7 Å². The van der Waals surface area contributed by atoms with E-state index in [0.717, 1.165) is 22.7 Å². The standard InChI is InChI=1S/C16H17N3S2/c1-19-13-3-2-10(8-17)6-12(13)18-16(19)15-7-11-9-20-5-4-14(11)21-15/h2-3,6-7H,4-5,8-9,17H2,1H3. The summed E-state index contributed by atoms with van der Waals surface area (Å²) in [7, 11) is 2.10. The Bertz CT molecular complexity index is 793. The first-order valence-electron chi connectivity index (χ1n) is 7.11. The van der Waals surface area contributed by atoms with Crippen molar-refractivity contribution in [3.8, 4) is 10.7 Å². The van der Waals surface area contributed by atoms with Gasteiger partial charge in [-0.2, -0.15) is 11.8 Å². The van der Waals surface area contributed by atoms with Crippen LogP contribution in [0.15, 0.2) is 24.3 Å². The smallest absolute Gasteiger partial charge is 0.150 e. The molecule has 5 heteroatoms. The van der Waals surface area contributed by atoms with Crippen LogP contribution in [0.2, 0.25) is 0 Å². The number of hydrogen-bond donors (Lipinski definition) is 1. The summed E-state index contributed by atoms with van der Waals surface area (Å²) in [6.07, 6.45) is 1.20. The fourth-order valence-corrected chi connectivity index (χ4v) is 5.25. The zero-order chi connectivity index (χ0) is 14.4. The molecule has 4 rings (SSSR count). The third-order valence-electron chi connectivity index (χ3n) is 4.03. The number of benzene rings is 1. The van der Waals surface area contributed by atoms with E-state index in [1.54, 1.807) is 4.88 Å². The summed E-state index contributed by atoms with van der Waals surface area (Å²) < 4.78 is 2.19. The van der Waals surface area contributed by atoms with Crippen molar-refractivity contribution < 1.29 is 0 Å². The highest BCUT2D eigenvalue weighted by molar-refractivity contribution is 7.98. The lowest BCUT2D eigenvalue weighted by Crippen LogP contribution is -1.96. The molecule has 0 fully saturated rings. The number of aryl methyl sites for hydroxylation is 2. The van der Waals surface area contributed by atoms with E-state index in [1.165, 1.54) is 28.1 Å². The second-order valence-electron chi connectivity index (χ2n) is 5.38. The molecule has 2 N–H and O–H groups in total. The third-order valence-corrected chi connectivity index (χ3v) is 6.27. The maximum Gasteiger partial charge on any atom is 0.150 e. The van der Waals surface area contributed by atoms with Crippen molar-refractivity contribution in [3.05, 3.63) is 40.3 Å². The summed E-state index contributed by atoms with van der Waals surface area (Å²) >= 11 is 3.93. The van der Waals surface area contributed by atoms with Crippen molar-refractivity contribution in [2.24, 2.45) is 12.8 Å². The molecule has 108 valence electrons. The molecule has 21 heavy (non-hydrogen) atoms. The van der Waals surface area contributed by atoms with Gasteiger partial charge in [-0.25, -0.2) is 4.98 Å². The van der Waals surface area contributed by atoms with Gasteiger partial charge in [-0.05, 0) is 41.5 Å². The summed E-state index contributed by atoms with van der Waals surface area (Å²) in [5, 5.41) is 0. The zero-order valence-electron chi connectivity index (χ0n) is 11.9. The number of rotatable bonds is 2. The SMILES string of the molecule is Cn1c(-c2cc3c(s2)CCSC3)nc2cc(CN)ccc21. The molecule has 1 aromatic carbocycles. The van der Waals surface area contributed by atoms with E-state index < -0.39 is 0 Å². The zero-order valence-corrected chi connectivity index (χ0v) is 13.6. The van der Waals surface area contributed by atoms with Gasteiger partial charge >= 0.3 is 0 Å². The van der Waals surface area contributed by atoms with Gasteiger partial charge in [0.15, 0.2) is 5.82 Å². The van der Waals surface area contributed by atoms with Gasteiger partial charge < -0.3 is 10.3 Å². The van der Waals surface area contributed by atoms with Crippen molar-refractivity contribution in [1.29, 1.82) is 0 Å². The highest BCUT2D eigenvalue weighted by atomic mass is 32.2. The lowest BCUT2D eigenvalue weighted by Gasteiger charge is -2.08. The summed E-state index contributed by atoms with van der Waals surface area (Å²) in [4.78, 5) is 7.67. The van der Waals surface area contributed by atoms with Gasteiger partial charge in [0.1, 0.15) is 0 Å². The van der Waals surface area contributed by atoms with E-state index in [9.17, 15) is 0 Å². The normalized spacial score (nSPS) is 14.6. The van der Waals surface area contributed by atoms with Crippen molar-refractivity contribution in [1.82, 2.24) is 9.55 Å². The third kappa shape index (κ3) is 2.20. The summed E-state index contributed by atoms with van der Waals surface area (Å²) in [6.45, 7) is 0.562. The lowest BCUT2D eigenvalue weighted by atomic mass is 10.2. The molecule has 3 aromatic rings. The van der Waals surface area contributed by atoms with Crippen LogP contribution in [0, 0.1) is 0 Å². The average molecular weight is 315 g/mol. The topological polar surface area (TPSA) is 43.8 Å². The highest BCUT2D eigenvalue weighted by Gasteiger charge is 2.18. The minimum Gasteiger partial charge on any atom is -0.326 e. The predicted octanol–water partition coefficient (Wildman–Crippen LogP) is 3.55. The number of nitrogens with two attached hydrogens (primary N) is 1. The molecule has 1 aliphatic heterocycles. The molecule has 0 atom stereocenters. The Labute approximate surface area is 132 Å². The maximum absolute atomic E-state index is 5.73. The van der Waals surface area contributed by atoms with Crippen molar-refractivity contribution in [2.75, 3.05) is 5.75 Å². The van der Waals surface area contributed by atoms with Gasteiger partial charge in [0.25, 0.3) is 0 Å². The summed E-state index contributed by atoms with van der Waals surface area (Å²) in [5.41, 5.74) is 10.6. The summed E-state index contributed by atoms with van der Waals surface area (Å²) in [5.74, 6) is 3.46. The van der Waals surface area contributed by atoms with Crippen LogP contribution in [0.3, 0.4) is 0 Å². The Balaban J connectivity index is 1.86. The van der Waals surface area contributed by atoms with Crippen LogP contribution in [0.4, 0.5) is 0 Å². The van der Waals surface area contributed by atoms with Crippen molar-refractivity contribution in [2.45, 2.75) is 18.7 Å². The van der Waals surface area contributed by atoms with Gasteiger partial charge in [0, 0.05) is 24.2 Å². The molecular formula is C16H17N3S2. The van der Waals surface area contributed by atoms with Crippen LogP contribution < -0.4 is 5.73 Å². The minimum absolute atomic E-state index is 0.562. The molecule has 2 aromatic heterocycles. The minimum atomic E-state index is 0.562. The molecule has 1 aliphatic rings. The molecule has 0 radical (unpaired) electrons. The quantitative estimate of drug-likeness (QED) is 0.786. The van der Waals surface area contributed by atoms with Crippen LogP contribution in [-0.2, 0) is 25.8 Å². The molecule has 0 saturated heterocycles. The van der Waals surface area contributed by atoms with Crippen LogP contribution >= 0.6 is 23.1 Å². The Hall–Kier alpha value is -1.30. The van der Waals surface area contributed by atoms with E-state index in [4.69, 9.17) is 10.7 Å². The molecule has 0 saturated carbocycles. The van der Waals surface area contributed by atoms with Gasteiger partial charge in [-0.1, -0.05) is 6.07 Å². The summed E-state index contributed by atoms with van der Waals surface area (Å²) in [6, 6.07) is 8.64. The number of nitrogens with zero attached hydrogens (tertiary/aromatic N) is 2. The highest BCUT2D eigenvalue weighted by Crippen LogP contribution is 2.37. The van der Waals surface area contributed by atoms with Crippen molar-refractivity contribution >= 4 is 34.1 Å². The van der Waals surface area contributed by atoms with E-state index in [-0.39, 0.29) is 0 Å².